The molecule has 0 bridgehead atoms. The Hall–Kier alpha value is -2.08. The molecule has 0 fully saturated rings. The van der Waals surface area contributed by atoms with Gasteiger partial charge in [-0.2, -0.15) is 0 Å². The number of hydrogen-bond acceptors (Lipinski definition) is 4. The van der Waals surface area contributed by atoms with Crippen molar-refractivity contribution in [1.29, 1.82) is 0 Å². The molecule has 0 aliphatic rings. The summed E-state index contributed by atoms with van der Waals surface area (Å²) in [5.74, 6) is 0.0855. The fourth-order valence-corrected chi connectivity index (χ4v) is 2.46. The predicted molar refractivity (Wildman–Crippen MR) is 102 cm³/mol. The molecule has 1 aromatic rings. The molecule has 6 nitrogen and oxygen atoms in total. The van der Waals surface area contributed by atoms with Crippen LogP contribution in [-0.4, -0.2) is 36.8 Å². The maximum Gasteiger partial charge on any atom is 0.407 e. The second kappa shape index (κ2) is 15.2. The molecule has 3 N–H and O–H groups in total. The summed E-state index contributed by atoms with van der Waals surface area (Å²) in [6.45, 7) is 1.78. The number of aliphatic hydroxyl groups excluding tert-OH is 1. The lowest BCUT2D eigenvalue weighted by Crippen LogP contribution is -2.25. The third-order valence-electron chi connectivity index (χ3n) is 3.97. The Morgan fingerprint density at radius 2 is 1.50 bits per heavy atom. The molecule has 0 atom stereocenters. The highest BCUT2D eigenvalue weighted by Crippen LogP contribution is 2.02. The van der Waals surface area contributed by atoms with Crippen molar-refractivity contribution < 1.29 is 19.4 Å². The summed E-state index contributed by atoms with van der Waals surface area (Å²) >= 11 is 0. The van der Waals surface area contributed by atoms with Gasteiger partial charge >= 0.3 is 6.09 Å². The number of carbonyl (C=O) groups is 2. The zero-order chi connectivity index (χ0) is 18.9. The van der Waals surface area contributed by atoms with Crippen LogP contribution in [0.1, 0.15) is 56.9 Å². The molecular weight excluding hydrogens is 332 g/mol. The molecule has 0 saturated carbocycles. The quantitative estimate of drug-likeness (QED) is 0.443. The van der Waals surface area contributed by atoms with E-state index in [2.05, 4.69) is 10.6 Å². The predicted octanol–water partition coefficient (Wildman–Crippen LogP) is 3.14. The van der Waals surface area contributed by atoms with Crippen molar-refractivity contribution >= 4 is 12.0 Å². The van der Waals surface area contributed by atoms with Crippen LogP contribution < -0.4 is 10.6 Å². The van der Waals surface area contributed by atoms with Gasteiger partial charge in [0.15, 0.2) is 0 Å². The van der Waals surface area contributed by atoms with Gasteiger partial charge in [0.25, 0.3) is 0 Å². The van der Waals surface area contributed by atoms with Crippen LogP contribution in [0.4, 0.5) is 4.79 Å². The summed E-state index contributed by atoms with van der Waals surface area (Å²) in [4.78, 5) is 23.2. The molecule has 0 saturated heterocycles. The number of amides is 2. The van der Waals surface area contributed by atoms with Gasteiger partial charge in [-0.3, -0.25) is 4.79 Å². The molecule has 1 aromatic carbocycles. The number of benzene rings is 1. The molecule has 2 amide bonds. The topological polar surface area (TPSA) is 87.7 Å². The van der Waals surface area contributed by atoms with Crippen LogP contribution in [-0.2, 0) is 16.1 Å². The first kappa shape index (κ1) is 22.0. The molecule has 6 heteroatoms. The smallest absolute Gasteiger partial charge is 0.407 e. The van der Waals surface area contributed by atoms with Crippen molar-refractivity contribution in [2.75, 3.05) is 19.7 Å². The molecule has 146 valence electrons. The van der Waals surface area contributed by atoms with Gasteiger partial charge < -0.3 is 20.5 Å². The summed E-state index contributed by atoms with van der Waals surface area (Å²) < 4.78 is 5.12. The van der Waals surface area contributed by atoms with E-state index in [9.17, 15) is 9.59 Å². The lowest BCUT2D eigenvalue weighted by Gasteiger charge is -2.07. The third kappa shape index (κ3) is 12.3. The summed E-state index contributed by atoms with van der Waals surface area (Å²) in [5, 5.41) is 14.3. The molecule has 0 spiro atoms. The minimum absolute atomic E-state index is 0.0855. The van der Waals surface area contributed by atoms with Gasteiger partial charge in [0.05, 0.1) is 0 Å². The molecule has 0 radical (unpaired) electrons. The monoisotopic (exact) mass is 364 g/mol. The average molecular weight is 364 g/mol. The van der Waals surface area contributed by atoms with Crippen LogP contribution in [0.15, 0.2) is 30.3 Å². The number of alkyl carbamates (subject to hydrolysis) is 1. The van der Waals surface area contributed by atoms with Gasteiger partial charge in [-0.05, 0) is 31.2 Å². The van der Waals surface area contributed by atoms with Crippen molar-refractivity contribution in [2.45, 2.75) is 58.0 Å². The summed E-state index contributed by atoms with van der Waals surface area (Å²) in [6.07, 6.45) is 6.49. The van der Waals surface area contributed by atoms with Crippen LogP contribution >= 0.6 is 0 Å². The van der Waals surface area contributed by atoms with E-state index in [1.807, 2.05) is 30.3 Å². The molecule has 0 heterocycles. The van der Waals surface area contributed by atoms with E-state index in [-0.39, 0.29) is 19.1 Å². The standard InChI is InChI=1S/C20H32N2O4/c23-16-10-2-1-8-14-21-19(24)13-7-4-9-15-22-20(25)26-17-18-11-5-3-6-12-18/h3,5-6,11-12,23H,1-2,4,7-10,13-17H2,(H,21,24)(H,22,25). The molecule has 26 heavy (non-hydrogen) atoms. The van der Waals surface area contributed by atoms with E-state index in [0.29, 0.717) is 19.5 Å². The highest BCUT2D eigenvalue weighted by Gasteiger charge is 2.03. The highest BCUT2D eigenvalue weighted by atomic mass is 16.5. The lowest BCUT2D eigenvalue weighted by atomic mass is 10.1. The van der Waals surface area contributed by atoms with E-state index in [1.54, 1.807) is 0 Å². The Labute approximate surface area is 156 Å². The lowest BCUT2D eigenvalue weighted by molar-refractivity contribution is -0.121. The summed E-state index contributed by atoms with van der Waals surface area (Å²) in [7, 11) is 0. The molecule has 1 rings (SSSR count). The van der Waals surface area contributed by atoms with E-state index in [4.69, 9.17) is 9.84 Å². The maximum absolute atomic E-state index is 11.7. The first-order chi connectivity index (χ1) is 12.7. The zero-order valence-electron chi connectivity index (χ0n) is 15.5. The van der Waals surface area contributed by atoms with Gasteiger partial charge in [-0.25, -0.2) is 4.79 Å². The molecule has 0 aromatic heterocycles. The first-order valence-corrected chi connectivity index (χ1v) is 9.54. The van der Waals surface area contributed by atoms with Crippen molar-refractivity contribution in [1.82, 2.24) is 10.6 Å². The number of unbranched alkanes of at least 4 members (excludes halogenated alkanes) is 5. The molecule has 0 aliphatic carbocycles. The summed E-state index contributed by atoms with van der Waals surface area (Å²) in [6, 6.07) is 9.55. The minimum atomic E-state index is -0.409. The van der Waals surface area contributed by atoms with Crippen LogP contribution in [0.2, 0.25) is 0 Å². The Kier molecular flexibility index (Phi) is 12.8. The molecule has 0 aliphatic heterocycles. The van der Waals surface area contributed by atoms with Crippen LogP contribution in [0.3, 0.4) is 0 Å². The zero-order valence-corrected chi connectivity index (χ0v) is 15.5. The van der Waals surface area contributed by atoms with Gasteiger partial charge in [0.1, 0.15) is 6.61 Å². The highest BCUT2D eigenvalue weighted by molar-refractivity contribution is 5.75. The Morgan fingerprint density at radius 3 is 2.23 bits per heavy atom. The average Bonchev–Trinajstić information content (AvgIpc) is 2.66. The second-order valence-corrected chi connectivity index (χ2v) is 6.29. The van der Waals surface area contributed by atoms with Gasteiger partial charge in [-0.15, -0.1) is 0 Å². The fourth-order valence-electron chi connectivity index (χ4n) is 2.46. The van der Waals surface area contributed by atoms with E-state index in [0.717, 1.165) is 50.5 Å². The Morgan fingerprint density at radius 1 is 0.846 bits per heavy atom. The van der Waals surface area contributed by atoms with E-state index in [1.165, 1.54) is 0 Å². The maximum atomic E-state index is 11.7. The second-order valence-electron chi connectivity index (χ2n) is 6.29. The first-order valence-electron chi connectivity index (χ1n) is 9.54. The molecule has 0 unspecified atom stereocenters. The summed E-state index contributed by atoms with van der Waals surface area (Å²) in [5.41, 5.74) is 0.960. The van der Waals surface area contributed by atoms with Gasteiger partial charge in [-0.1, -0.05) is 49.6 Å². The van der Waals surface area contributed by atoms with E-state index < -0.39 is 6.09 Å². The van der Waals surface area contributed by atoms with Crippen molar-refractivity contribution in [3.63, 3.8) is 0 Å². The van der Waals surface area contributed by atoms with Crippen molar-refractivity contribution in [3.8, 4) is 0 Å². The Bertz CT molecular complexity index is 494. The van der Waals surface area contributed by atoms with E-state index >= 15 is 0 Å². The fraction of sp³-hybridized carbons (Fsp3) is 0.600. The number of nitrogens with one attached hydrogen (secondary N) is 2. The van der Waals surface area contributed by atoms with Crippen LogP contribution in [0, 0.1) is 0 Å². The van der Waals surface area contributed by atoms with Crippen LogP contribution in [0.25, 0.3) is 0 Å². The number of ether oxygens (including phenoxy) is 1. The Balaban J connectivity index is 1.89. The third-order valence-corrected chi connectivity index (χ3v) is 3.97. The normalized spacial score (nSPS) is 10.3. The van der Waals surface area contributed by atoms with Gasteiger partial charge in [0, 0.05) is 26.1 Å². The number of rotatable bonds is 14. The SMILES string of the molecule is O=C(CCCCCNC(=O)OCc1ccccc1)NCCCCCCO. The number of aliphatic hydroxyl groups is 1. The number of carbonyl (C=O) groups excluding carboxylic acids is 2. The largest absolute Gasteiger partial charge is 0.445 e. The number of hydrogen-bond donors (Lipinski definition) is 3. The van der Waals surface area contributed by atoms with Crippen LogP contribution in [0.5, 0.6) is 0 Å². The van der Waals surface area contributed by atoms with Gasteiger partial charge in [0.2, 0.25) is 5.91 Å². The molecular formula is C20H32N2O4. The van der Waals surface area contributed by atoms with Crippen molar-refractivity contribution in [2.24, 2.45) is 0 Å². The van der Waals surface area contributed by atoms with Crippen molar-refractivity contribution in [3.05, 3.63) is 35.9 Å². The minimum Gasteiger partial charge on any atom is -0.445 e.